The van der Waals surface area contributed by atoms with Gasteiger partial charge in [-0.3, -0.25) is 0 Å². The van der Waals surface area contributed by atoms with Gasteiger partial charge >= 0.3 is 0 Å². The molecule has 2 aromatic carbocycles. The van der Waals surface area contributed by atoms with Crippen molar-refractivity contribution in [2.45, 2.75) is 30.6 Å². The van der Waals surface area contributed by atoms with E-state index in [0.29, 0.717) is 24.6 Å². The predicted octanol–water partition coefficient (Wildman–Crippen LogP) is 4.19. The number of para-hydroxylation sites is 1. The highest BCUT2D eigenvalue weighted by atomic mass is 32.2. The Hall–Kier alpha value is -2.18. The smallest absolute Gasteiger partial charge is 0.243 e. The molecule has 0 saturated carbocycles. The highest BCUT2D eigenvalue weighted by Crippen LogP contribution is 2.34. The van der Waals surface area contributed by atoms with Gasteiger partial charge in [-0.05, 0) is 61.0 Å². The van der Waals surface area contributed by atoms with E-state index in [1.165, 1.54) is 39.1 Å². The molecule has 0 N–H and O–H groups in total. The number of hydrogen-bond acceptors (Lipinski definition) is 2. The molecule has 1 saturated heterocycles. The SMILES string of the molecule is Cc1cc(F)ccc1S(=O)(=O)N1CCC(c2cc3ccccc3n2C)CC1. The summed E-state index contributed by atoms with van der Waals surface area (Å²) in [6.45, 7) is 2.59. The van der Waals surface area contributed by atoms with Crippen LogP contribution in [0.4, 0.5) is 4.39 Å². The molecule has 0 unspecified atom stereocenters. The average molecular weight is 386 g/mol. The number of aryl methyl sites for hydroxylation is 2. The van der Waals surface area contributed by atoms with Crippen molar-refractivity contribution in [3.63, 3.8) is 0 Å². The van der Waals surface area contributed by atoms with Crippen LogP contribution in [0, 0.1) is 12.7 Å². The first-order valence-electron chi connectivity index (χ1n) is 9.18. The van der Waals surface area contributed by atoms with Gasteiger partial charge in [0.05, 0.1) is 4.90 Å². The summed E-state index contributed by atoms with van der Waals surface area (Å²) in [5, 5.41) is 1.21. The first-order chi connectivity index (χ1) is 12.9. The normalized spacial score (nSPS) is 16.9. The van der Waals surface area contributed by atoms with Crippen molar-refractivity contribution >= 4 is 20.9 Å². The van der Waals surface area contributed by atoms with E-state index < -0.39 is 15.8 Å². The number of fused-ring (bicyclic) bond motifs is 1. The number of benzene rings is 2. The quantitative estimate of drug-likeness (QED) is 0.677. The van der Waals surface area contributed by atoms with Gasteiger partial charge < -0.3 is 4.57 Å². The Bertz CT molecular complexity index is 1100. The van der Waals surface area contributed by atoms with Gasteiger partial charge in [0.25, 0.3) is 0 Å². The molecule has 1 aromatic heterocycles. The first kappa shape index (κ1) is 18.2. The van der Waals surface area contributed by atoms with E-state index in [1.54, 1.807) is 6.92 Å². The zero-order valence-electron chi connectivity index (χ0n) is 15.5. The van der Waals surface area contributed by atoms with E-state index in [2.05, 4.69) is 29.8 Å². The van der Waals surface area contributed by atoms with Gasteiger partial charge in [0.15, 0.2) is 0 Å². The molecule has 0 radical (unpaired) electrons. The number of nitrogens with zero attached hydrogens (tertiary/aromatic N) is 2. The topological polar surface area (TPSA) is 42.3 Å². The van der Waals surface area contributed by atoms with Crippen molar-refractivity contribution in [2.75, 3.05) is 13.1 Å². The van der Waals surface area contributed by atoms with Crippen molar-refractivity contribution in [1.82, 2.24) is 8.87 Å². The van der Waals surface area contributed by atoms with Crippen LogP contribution in [-0.2, 0) is 17.1 Å². The minimum absolute atomic E-state index is 0.201. The first-order valence-corrected chi connectivity index (χ1v) is 10.6. The Morgan fingerprint density at radius 1 is 1.04 bits per heavy atom. The van der Waals surface area contributed by atoms with Crippen LogP contribution in [-0.4, -0.2) is 30.4 Å². The molecule has 4 nitrogen and oxygen atoms in total. The van der Waals surface area contributed by atoms with Crippen molar-refractivity contribution in [2.24, 2.45) is 7.05 Å². The average Bonchev–Trinajstić information content (AvgIpc) is 2.99. The van der Waals surface area contributed by atoms with E-state index in [0.717, 1.165) is 12.8 Å². The summed E-state index contributed by atoms with van der Waals surface area (Å²) in [6, 6.07) is 14.4. The Labute approximate surface area is 159 Å². The molecular formula is C21H23FN2O2S. The fraction of sp³-hybridized carbons (Fsp3) is 0.333. The highest BCUT2D eigenvalue weighted by Gasteiger charge is 2.31. The maximum absolute atomic E-state index is 13.3. The molecule has 0 spiro atoms. The van der Waals surface area contributed by atoms with Crippen LogP contribution < -0.4 is 0 Å². The molecule has 3 aromatic rings. The van der Waals surface area contributed by atoms with Gasteiger partial charge in [0.1, 0.15) is 5.82 Å². The third-order valence-electron chi connectivity index (χ3n) is 5.62. The largest absolute Gasteiger partial charge is 0.347 e. The zero-order chi connectivity index (χ0) is 19.2. The van der Waals surface area contributed by atoms with Crippen molar-refractivity contribution in [3.8, 4) is 0 Å². The number of piperidine rings is 1. The van der Waals surface area contributed by atoms with Gasteiger partial charge in [-0.1, -0.05) is 18.2 Å². The standard InChI is InChI=1S/C21H23FN2O2S/c1-15-13-18(22)7-8-21(15)27(25,26)24-11-9-16(10-12-24)20-14-17-5-3-4-6-19(17)23(20)2/h3-8,13-14,16H,9-12H2,1-2H3. The van der Waals surface area contributed by atoms with E-state index in [4.69, 9.17) is 0 Å². The second kappa shape index (κ2) is 6.77. The summed E-state index contributed by atoms with van der Waals surface area (Å²) in [6.07, 6.45) is 1.56. The third-order valence-corrected chi connectivity index (χ3v) is 7.67. The molecule has 1 aliphatic rings. The fourth-order valence-electron chi connectivity index (χ4n) is 4.14. The molecule has 27 heavy (non-hydrogen) atoms. The molecule has 142 valence electrons. The van der Waals surface area contributed by atoms with Crippen LogP contribution in [0.15, 0.2) is 53.4 Å². The zero-order valence-corrected chi connectivity index (χ0v) is 16.3. The molecular weight excluding hydrogens is 363 g/mol. The van der Waals surface area contributed by atoms with E-state index in [9.17, 15) is 12.8 Å². The molecule has 1 aliphatic heterocycles. The predicted molar refractivity (Wildman–Crippen MR) is 105 cm³/mol. The van der Waals surface area contributed by atoms with Crippen LogP contribution >= 0.6 is 0 Å². The van der Waals surface area contributed by atoms with Crippen LogP contribution in [0.5, 0.6) is 0 Å². The summed E-state index contributed by atoms with van der Waals surface area (Å²) in [4.78, 5) is 0.201. The highest BCUT2D eigenvalue weighted by molar-refractivity contribution is 7.89. The molecule has 6 heteroatoms. The number of hydrogen-bond donors (Lipinski definition) is 0. The van der Waals surface area contributed by atoms with E-state index in [-0.39, 0.29) is 4.90 Å². The molecule has 1 fully saturated rings. The molecule has 0 amide bonds. The summed E-state index contributed by atoms with van der Waals surface area (Å²) in [5.41, 5.74) is 2.90. The van der Waals surface area contributed by atoms with Gasteiger partial charge in [0, 0.05) is 37.3 Å². The minimum Gasteiger partial charge on any atom is -0.347 e. The molecule has 0 atom stereocenters. The van der Waals surface area contributed by atoms with Crippen LogP contribution in [0.25, 0.3) is 10.9 Å². The monoisotopic (exact) mass is 386 g/mol. The summed E-state index contributed by atoms with van der Waals surface area (Å²) >= 11 is 0. The molecule has 0 aliphatic carbocycles. The van der Waals surface area contributed by atoms with Crippen molar-refractivity contribution in [1.29, 1.82) is 0 Å². The lowest BCUT2D eigenvalue weighted by Gasteiger charge is -2.32. The Morgan fingerprint density at radius 3 is 2.41 bits per heavy atom. The van der Waals surface area contributed by atoms with Crippen molar-refractivity contribution in [3.05, 3.63) is 65.6 Å². The number of sulfonamides is 1. The summed E-state index contributed by atoms with van der Waals surface area (Å²) in [7, 11) is -1.52. The number of aromatic nitrogens is 1. The lowest BCUT2D eigenvalue weighted by Crippen LogP contribution is -2.38. The maximum Gasteiger partial charge on any atom is 0.243 e. The van der Waals surface area contributed by atoms with Crippen molar-refractivity contribution < 1.29 is 12.8 Å². The lowest BCUT2D eigenvalue weighted by molar-refractivity contribution is 0.314. The minimum atomic E-state index is -3.59. The van der Waals surface area contributed by atoms with Gasteiger partial charge in [0.2, 0.25) is 10.0 Å². The fourth-order valence-corrected chi connectivity index (χ4v) is 5.81. The van der Waals surface area contributed by atoms with E-state index >= 15 is 0 Å². The Kier molecular flexibility index (Phi) is 4.56. The number of halogens is 1. The molecule has 0 bridgehead atoms. The van der Waals surface area contributed by atoms with Gasteiger partial charge in [-0.25, -0.2) is 12.8 Å². The van der Waals surface area contributed by atoms with Crippen LogP contribution in [0.3, 0.4) is 0 Å². The number of rotatable bonds is 3. The third kappa shape index (κ3) is 3.17. The van der Waals surface area contributed by atoms with Gasteiger partial charge in [-0.2, -0.15) is 4.31 Å². The summed E-state index contributed by atoms with van der Waals surface area (Å²) < 4.78 is 43.0. The van der Waals surface area contributed by atoms with E-state index in [1.807, 2.05) is 12.1 Å². The van der Waals surface area contributed by atoms with Crippen LogP contribution in [0.1, 0.15) is 30.0 Å². The second-order valence-electron chi connectivity index (χ2n) is 7.28. The Morgan fingerprint density at radius 2 is 1.74 bits per heavy atom. The van der Waals surface area contributed by atoms with Crippen LogP contribution in [0.2, 0.25) is 0 Å². The Balaban J connectivity index is 1.55. The maximum atomic E-state index is 13.3. The van der Waals surface area contributed by atoms with Gasteiger partial charge in [-0.15, -0.1) is 0 Å². The summed E-state index contributed by atoms with van der Waals surface area (Å²) in [5.74, 6) is -0.0795. The molecule has 2 heterocycles. The second-order valence-corrected chi connectivity index (χ2v) is 9.18. The lowest BCUT2D eigenvalue weighted by atomic mass is 9.94. The molecule has 4 rings (SSSR count).